The fourth-order valence-corrected chi connectivity index (χ4v) is 2.32. The molecule has 1 N–H and O–H groups in total. The molecule has 0 spiro atoms. The smallest absolute Gasteiger partial charge is 0.255 e. The van der Waals surface area contributed by atoms with Crippen LogP contribution in [0.1, 0.15) is 36.5 Å². The monoisotopic (exact) mass is 235 g/mol. The highest BCUT2D eigenvalue weighted by molar-refractivity contribution is 5.94. The third kappa shape index (κ3) is 2.79. The van der Waals surface area contributed by atoms with Crippen LogP contribution in [0.5, 0.6) is 0 Å². The Labute approximate surface area is 100 Å². The van der Waals surface area contributed by atoms with E-state index in [0.717, 1.165) is 19.4 Å². The molecule has 1 fully saturated rings. The van der Waals surface area contributed by atoms with Crippen molar-refractivity contribution in [3.63, 3.8) is 0 Å². The number of rotatable bonds is 3. The van der Waals surface area contributed by atoms with E-state index in [-0.39, 0.29) is 18.1 Å². The molecule has 2 atom stereocenters. The Morgan fingerprint density at radius 1 is 1.65 bits per heavy atom. The largest absolute Gasteiger partial charge is 0.393 e. The van der Waals surface area contributed by atoms with Crippen molar-refractivity contribution in [2.24, 2.45) is 0 Å². The minimum atomic E-state index is -0.371. The van der Waals surface area contributed by atoms with Gasteiger partial charge in [0.2, 0.25) is 0 Å². The van der Waals surface area contributed by atoms with Gasteiger partial charge in [0, 0.05) is 12.6 Å². The Balaban J connectivity index is 2.08. The molecule has 1 aromatic rings. The molecule has 0 aliphatic carbocycles. The molecule has 92 valence electrons. The minimum absolute atomic E-state index is 0.0111. The lowest BCUT2D eigenvalue weighted by atomic mass is 10.1. The van der Waals surface area contributed by atoms with Crippen LogP contribution in [0, 0.1) is 0 Å². The van der Waals surface area contributed by atoms with Crippen LogP contribution in [0.3, 0.4) is 0 Å². The first-order valence-electron chi connectivity index (χ1n) is 5.94. The standard InChI is InChI=1S/C12H17N3O2/c1-9(16)7-11-3-2-6-15(11)12(17)10-4-5-13-14-8-10/h4-5,8-9,11,16H,2-3,6-7H2,1H3. The first-order chi connectivity index (χ1) is 8.18. The molecule has 5 heteroatoms. The summed E-state index contributed by atoms with van der Waals surface area (Å²) in [6.45, 7) is 2.52. The number of aromatic nitrogens is 2. The lowest BCUT2D eigenvalue weighted by Gasteiger charge is -2.25. The number of nitrogens with zero attached hydrogens (tertiary/aromatic N) is 3. The van der Waals surface area contributed by atoms with Crippen LogP contribution in [0.4, 0.5) is 0 Å². The van der Waals surface area contributed by atoms with Gasteiger partial charge in [-0.1, -0.05) is 0 Å². The predicted octanol–water partition coefficient (Wildman–Crippen LogP) is 0.852. The fraction of sp³-hybridized carbons (Fsp3) is 0.583. The molecule has 0 radical (unpaired) electrons. The third-order valence-corrected chi connectivity index (χ3v) is 3.08. The summed E-state index contributed by atoms with van der Waals surface area (Å²) in [7, 11) is 0. The average Bonchev–Trinajstić information content (AvgIpc) is 2.76. The first kappa shape index (κ1) is 12.0. The molecule has 1 amide bonds. The maximum atomic E-state index is 12.2. The number of carbonyl (C=O) groups is 1. The molecule has 1 aliphatic heterocycles. The van der Waals surface area contributed by atoms with Crippen molar-refractivity contribution < 1.29 is 9.90 Å². The Kier molecular flexibility index (Phi) is 3.68. The molecule has 0 saturated carbocycles. The number of likely N-dealkylation sites (tertiary alicyclic amines) is 1. The quantitative estimate of drug-likeness (QED) is 0.843. The van der Waals surface area contributed by atoms with Gasteiger partial charge in [-0.3, -0.25) is 4.79 Å². The van der Waals surface area contributed by atoms with Gasteiger partial charge in [0.25, 0.3) is 5.91 Å². The zero-order chi connectivity index (χ0) is 12.3. The van der Waals surface area contributed by atoms with Crippen molar-refractivity contribution >= 4 is 5.91 Å². The van der Waals surface area contributed by atoms with E-state index in [0.29, 0.717) is 12.0 Å². The summed E-state index contributed by atoms with van der Waals surface area (Å²) in [4.78, 5) is 14.1. The van der Waals surface area contributed by atoms with Gasteiger partial charge in [-0.05, 0) is 32.3 Å². The van der Waals surface area contributed by atoms with E-state index in [1.54, 1.807) is 13.0 Å². The van der Waals surface area contributed by atoms with Crippen molar-refractivity contribution in [3.8, 4) is 0 Å². The van der Waals surface area contributed by atoms with Crippen LogP contribution in [0.15, 0.2) is 18.5 Å². The highest BCUT2D eigenvalue weighted by Gasteiger charge is 2.30. The first-order valence-corrected chi connectivity index (χ1v) is 5.94. The minimum Gasteiger partial charge on any atom is -0.393 e. The molecular formula is C12H17N3O2. The second kappa shape index (κ2) is 5.23. The average molecular weight is 235 g/mol. The molecular weight excluding hydrogens is 218 g/mol. The van der Waals surface area contributed by atoms with E-state index < -0.39 is 0 Å². The van der Waals surface area contributed by atoms with E-state index in [9.17, 15) is 9.90 Å². The van der Waals surface area contributed by atoms with E-state index in [2.05, 4.69) is 10.2 Å². The van der Waals surface area contributed by atoms with Gasteiger partial charge < -0.3 is 10.0 Å². The molecule has 1 aromatic heterocycles. The zero-order valence-corrected chi connectivity index (χ0v) is 9.91. The molecule has 2 rings (SSSR count). The van der Waals surface area contributed by atoms with Crippen molar-refractivity contribution in [2.75, 3.05) is 6.54 Å². The summed E-state index contributed by atoms with van der Waals surface area (Å²) in [6, 6.07) is 1.82. The van der Waals surface area contributed by atoms with Crippen LogP contribution < -0.4 is 0 Å². The molecule has 1 saturated heterocycles. The van der Waals surface area contributed by atoms with Crippen LogP contribution in [-0.2, 0) is 0 Å². The number of hydrogen-bond acceptors (Lipinski definition) is 4. The van der Waals surface area contributed by atoms with Gasteiger partial charge in [-0.25, -0.2) is 0 Å². The number of carbonyl (C=O) groups excluding carboxylic acids is 1. The third-order valence-electron chi connectivity index (χ3n) is 3.08. The highest BCUT2D eigenvalue weighted by atomic mass is 16.3. The van der Waals surface area contributed by atoms with E-state index in [1.165, 1.54) is 12.4 Å². The van der Waals surface area contributed by atoms with Crippen LogP contribution in [0.2, 0.25) is 0 Å². The number of aliphatic hydroxyl groups is 1. The summed E-state index contributed by atoms with van der Waals surface area (Å²) in [5.74, 6) is -0.0111. The molecule has 0 aromatic carbocycles. The predicted molar refractivity (Wildman–Crippen MR) is 62.4 cm³/mol. The maximum Gasteiger partial charge on any atom is 0.255 e. The van der Waals surface area contributed by atoms with Gasteiger partial charge in [-0.2, -0.15) is 10.2 Å². The molecule has 2 heterocycles. The summed E-state index contributed by atoms with van der Waals surface area (Å²) in [5.41, 5.74) is 0.567. The second-order valence-electron chi connectivity index (χ2n) is 4.51. The lowest BCUT2D eigenvalue weighted by molar-refractivity contribution is 0.0681. The summed E-state index contributed by atoms with van der Waals surface area (Å²) in [6.07, 6.45) is 5.25. The lowest BCUT2D eigenvalue weighted by Crippen LogP contribution is -2.37. The topological polar surface area (TPSA) is 66.3 Å². The Morgan fingerprint density at radius 2 is 2.47 bits per heavy atom. The van der Waals surface area contributed by atoms with Crippen molar-refractivity contribution in [1.82, 2.24) is 15.1 Å². The van der Waals surface area contributed by atoms with Gasteiger partial charge in [-0.15, -0.1) is 0 Å². The van der Waals surface area contributed by atoms with Crippen LogP contribution in [-0.4, -0.2) is 44.8 Å². The SMILES string of the molecule is CC(O)CC1CCCN1C(=O)c1ccnnc1. The fourth-order valence-electron chi connectivity index (χ4n) is 2.32. The summed E-state index contributed by atoms with van der Waals surface area (Å²) >= 11 is 0. The van der Waals surface area contributed by atoms with E-state index in [4.69, 9.17) is 0 Å². The molecule has 2 unspecified atom stereocenters. The molecule has 0 bridgehead atoms. The Hall–Kier alpha value is -1.49. The van der Waals surface area contributed by atoms with Crippen LogP contribution >= 0.6 is 0 Å². The van der Waals surface area contributed by atoms with Gasteiger partial charge >= 0.3 is 0 Å². The van der Waals surface area contributed by atoms with Crippen molar-refractivity contribution in [3.05, 3.63) is 24.0 Å². The van der Waals surface area contributed by atoms with E-state index in [1.807, 2.05) is 4.90 Å². The van der Waals surface area contributed by atoms with Gasteiger partial charge in [0.1, 0.15) is 0 Å². The van der Waals surface area contributed by atoms with Crippen molar-refractivity contribution in [2.45, 2.75) is 38.3 Å². The Morgan fingerprint density at radius 3 is 3.12 bits per heavy atom. The highest BCUT2D eigenvalue weighted by Crippen LogP contribution is 2.23. The van der Waals surface area contributed by atoms with Gasteiger partial charge in [0.05, 0.1) is 24.1 Å². The molecule has 1 aliphatic rings. The Bertz CT molecular complexity index is 381. The second-order valence-corrected chi connectivity index (χ2v) is 4.51. The number of aliphatic hydroxyl groups excluding tert-OH is 1. The molecule has 17 heavy (non-hydrogen) atoms. The van der Waals surface area contributed by atoms with E-state index >= 15 is 0 Å². The van der Waals surface area contributed by atoms with Crippen molar-refractivity contribution in [1.29, 1.82) is 0 Å². The molecule has 5 nitrogen and oxygen atoms in total. The normalized spacial score (nSPS) is 21.5. The number of hydrogen-bond donors (Lipinski definition) is 1. The van der Waals surface area contributed by atoms with Gasteiger partial charge in [0.15, 0.2) is 0 Å². The zero-order valence-electron chi connectivity index (χ0n) is 9.91. The summed E-state index contributed by atoms with van der Waals surface area (Å²) < 4.78 is 0. The maximum absolute atomic E-state index is 12.2. The van der Waals surface area contributed by atoms with Crippen LogP contribution in [0.25, 0.3) is 0 Å². The number of amides is 1. The summed E-state index contributed by atoms with van der Waals surface area (Å²) in [5, 5.41) is 16.8.